The number of likely N-dealkylation sites (tertiary alicyclic amines) is 1. The molecule has 1 N–H and O–H groups in total. The van der Waals surface area contributed by atoms with E-state index in [4.69, 9.17) is 4.74 Å². The van der Waals surface area contributed by atoms with Crippen molar-refractivity contribution < 1.29 is 14.3 Å². The van der Waals surface area contributed by atoms with E-state index in [0.29, 0.717) is 12.8 Å². The van der Waals surface area contributed by atoms with Crippen molar-refractivity contribution in [1.29, 1.82) is 0 Å². The van der Waals surface area contributed by atoms with E-state index in [0.717, 1.165) is 11.3 Å². The van der Waals surface area contributed by atoms with Gasteiger partial charge in [0.1, 0.15) is 5.75 Å². The largest absolute Gasteiger partial charge is 0.497 e. The summed E-state index contributed by atoms with van der Waals surface area (Å²) in [6, 6.07) is 7.30. The summed E-state index contributed by atoms with van der Waals surface area (Å²) in [6.45, 7) is 0. The van der Waals surface area contributed by atoms with Gasteiger partial charge >= 0.3 is 0 Å². The average Bonchev–Trinajstić information content (AvgIpc) is 2.49. The number of benzene rings is 1. The van der Waals surface area contributed by atoms with Crippen LogP contribution in [0.25, 0.3) is 0 Å². The van der Waals surface area contributed by atoms with Gasteiger partial charge in [0.05, 0.1) is 19.1 Å². The van der Waals surface area contributed by atoms with Crippen LogP contribution in [0.5, 0.6) is 5.75 Å². The lowest BCUT2D eigenvalue weighted by Gasteiger charge is -2.38. The monoisotopic (exact) mass is 276 g/mol. The highest BCUT2D eigenvalue weighted by Crippen LogP contribution is 2.36. The zero-order valence-corrected chi connectivity index (χ0v) is 12.1. The Morgan fingerprint density at radius 3 is 2.55 bits per heavy atom. The molecule has 1 aliphatic heterocycles. The van der Waals surface area contributed by atoms with Crippen LogP contribution in [0.1, 0.15) is 24.4 Å². The molecule has 5 heteroatoms. The Hall–Kier alpha value is -2.04. The predicted octanol–water partition coefficient (Wildman–Crippen LogP) is 1.35. The van der Waals surface area contributed by atoms with E-state index in [2.05, 4.69) is 5.32 Å². The van der Waals surface area contributed by atoms with E-state index < -0.39 is 0 Å². The van der Waals surface area contributed by atoms with Crippen LogP contribution in [0.15, 0.2) is 24.3 Å². The molecule has 0 unspecified atom stereocenters. The first-order valence-electron chi connectivity index (χ1n) is 6.69. The third-order valence-electron chi connectivity index (χ3n) is 3.90. The van der Waals surface area contributed by atoms with Crippen LogP contribution in [-0.4, -0.2) is 37.9 Å². The molecule has 108 valence electrons. The number of ether oxygens (including phenoxy) is 1. The normalized spacial score (nSPS) is 22.6. The van der Waals surface area contributed by atoms with Crippen LogP contribution < -0.4 is 10.1 Å². The lowest BCUT2D eigenvalue weighted by Crippen LogP contribution is -2.45. The first kappa shape index (κ1) is 14.4. The van der Waals surface area contributed by atoms with Crippen LogP contribution >= 0.6 is 0 Å². The Kier molecular flexibility index (Phi) is 4.27. The summed E-state index contributed by atoms with van der Waals surface area (Å²) in [5.74, 6) is 0.599. The Morgan fingerprint density at radius 2 is 2.00 bits per heavy atom. The van der Waals surface area contributed by atoms with Gasteiger partial charge in [0, 0.05) is 20.5 Å². The van der Waals surface area contributed by atoms with Crippen LogP contribution in [0.3, 0.4) is 0 Å². The molecule has 2 atom stereocenters. The summed E-state index contributed by atoms with van der Waals surface area (Å²) in [5, 5.41) is 2.69. The maximum atomic E-state index is 12.1. The van der Waals surface area contributed by atoms with Gasteiger partial charge in [-0.15, -0.1) is 0 Å². The van der Waals surface area contributed by atoms with E-state index in [1.165, 1.54) is 0 Å². The van der Waals surface area contributed by atoms with Gasteiger partial charge in [-0.2, -0.15) is 0 Å². The van der Waals surface area contributed by atoms with Crippen LogP contribution in [-0.2, 0) is 9.59 Å². The van der Waals surface area contributed by atoms with Crippen molar-refractivity contribution in [3.8, 4) is 5.75 Å². The molecule has 2 rings (SSSR count). The SMILES string of the molecule is CNC(=O)[C@@H]1CCC(=O)N(C)[C@@H]1c1ccc(OC)cc1. The lowest BCUT2D eigenvalue weighted by molar-refractivity contribution is -0.141. The molecule has 0 bridgehead atoms. The molecule has 1 saturated heterocycles. The summed E-state index contributed by atoms with van der Waals surface area (Å²) in [4.78, 5) is 25.7. The fourth-order valence-electron chi connectivity index (χ4n) is 2.76. The van der Waals surface area contributed by atoms with E-state index in [9.17, 15) is 9.59 Å². The van der Waals surface area contributed by atoms with Gasteiger partial charge in [0.15, 0.2) is 0 Å². The molecular formula is C15H20N2O3. The molecule has 1 aromatic carbocycles. The molecule has 1 heterocycles. The summed E-state index contributed by atoms with van der Waals surface area (Å²) in [7, 11) is 4.99. The van der Waals surface area contributed by atoms with Gasteiger partial charge in [-0.05, 0) is 24.1 Å². The van der Waals surface area contributed by atoms with Gasteiger partial charge in [-0.3, -0.25) is 9.59 Å². The van der Waals surface area contributed by atoms with Crippen LogP contribution in [0.2, 0.25) is 0 Å². The van der Waals surface area contributed by atoms with Crippen molar-refractivity contribution in [2.24, 2.45) is 5.92 Å². The van der Waals surface area contributed by atoms with E-state index in [1.54, 1.807) is 26.1 Å². The summed E-state index contributed by atoms with van der Waals surface area (Å²) in [6.07, 6.45) is 1.00. The number of carbonyl (C=O) groups is 2. The highest BCUT2D eigenvalue weighted by molar-refractivity contribution is 5.84. The van der Waals surface area contributed by atoms with E-state index in [-0.39, 0.29) is 23.8 Å². The molecule has 0 saturated carbocycles. The number of hydrogen-bond acceptors (Lipinski definition) is 3. The quantitative estimate of drug-likeness (QED) is 0.906. The second kappa shape index (κ2) is 5.94. The Bertz CT molecular complexity index is 498. The second-order valence-corrected chi connectivity index (χ2v) is 4.98. The van der Waals surface area contributed by atoms with Crippen molar-refractivity contribution in [3.05, 3.63) is 29.8 Å². The zero-order chi connectivity index (χ0) is 14.7. The first-order chi connectivity index (χ1) is 9.58. The van der Waals surface area contributed by atoms with Gasteiger partial charge in [0.25, 0.3) is 0 Å². The summed E-state index contributed by atoms with van der Waals surface area (Å²) in [5.41, 5.74) is 0.954. The molecule has 1 aliphatic rings. The van der Waals surface area contributed by atoms with Gasteiger partial charge in [-0.1, -0.05) is 12.1 Å². The predicted molar refractivity (Wildman–Crippen MR) is 75.3 cm³/mol. The van der Waals surface area contributed by atoms with Crippen molar-refractivity contribution in [2.45, 2.75) is 18.9 Å². The van der Waals surface area contributed by atoms with E-state index >= 15 is 0 Å². The molecule has 0 spiro atoms. The molecule has 1 aromatic rings. The average molecular weight is 276 g/mol. The lowest BCUT2D eigenvalue weighted by atomic mass is 9.84. The molecular weight excluding hydrogens is 256 g/mol. The van der Waals surface area contributed by atoms with Crippen molar-refractivity contribution in [1.82, 2.24) is 10.2 Å². The van der Waals surface area contributed by atoms with Crippen molar-refractivity contribution in [2.75, 3.05) is 21.2 Å². The maximum Gasteiger partial charge on any atom is 0.225 e. The maximum absolute atomic E-state index is 12.1. The number of nitrogens with zero attached hydrogens (tertiary/aromatic N) is 1. The van der Waals surface area contributed by atoms with E-state index in [1.807, 2.05) is 24.3 Å². The number of hydrogen-bond donors (Lipinski definition) is 1. The second-order valence-electron chi connectivity index (χ2n) is 4.98. The number of piperidine rings is 1. The minimum Gasteiger partial charge on any atom is -0.497 e. The molecule has 0 aliphatic carbocycles. The number of methoxy groups -OCH3 is 1. The van der Waals surface area contributed by atoms with Crippen molar-refractivity contribution >= 4 is 11.8 Å². The van der Waals surface area contributed by atoms with Crippen LogP contribution in [0.4, 0.5) is 0 Å². The Balaban J connectivity index is 2.34. The third kappa shape index (κ3) is 2.61. The topological polar surface area (TPSA) is 58.6 Å². The standard InChI is InChI=1S/C15H20N2O3/c1-16-15(19)12-8-9-13(18)17(2)14(12)10-4-6-11(20-3)7-5-10/h4-7,12,14H,8-9H2,1-3H3,(H,16,19)/t12-,14-/m1/s1. The zero-order valence-electron chi connectivity index (χ0n) is 12.1. The number of carbonyl (C=O) groups excluding carboxylic acids is 2. The van der Waals surface area contributed by atoms with Crippen molar-refractivity contribution in [3.63, 3.8) is 0 Å². The summed E-state index contributed by atoms with van der Waals surface area (Å²) < 4.78 is 5.14. The number of nitrogens with one attached hydrogen (secondary N) is 1. The minimum atomic E-state index is -0.220. The fraction of sp³-hybridized carbons (Fsp3) is 0.467. The highest BCUT2D eigenvalue weighted by Gasteiger charge is 2.38. The minimum absolute atomic E-state index is 0.0230. The first-order valence-corrected chi connectivity index (χ1v) is 6.69. The number of rotatable bonds is 3. The van der Waals surface area contributed by atoms with Gasteiger partial charge in [-0.25, -0.2) is 0 Å². The molecule has 2 amide bonds. The molecule has 5 nitrogen and oxygen atoms in total. The third-order valence-corrected chi connectivity index (χ3v) is 3.90. The molecule has 0 aromatic heterocycles. The highest BCUT2D eigenvalue weighted by atomic mass is 16.5. The Labute approximate surface area is 118 Å². The number of amides is 2. The van der Waals surface area contributed by atoms with Gasteiger partial charge in [0.2, 0.25) is 11.8 Å². The van der Waals surface area contributed by atoms with Crippen LogP contribution in [0, 0.1) is 5.92 Å². The van der Waals surface area contributed by atoms with Gasteiger partial charge < -0.3 is 15.0 Å². The molecule has 20 heavy (non-hydrogen) atoms. The molecule has 1 fully saturated rings. The summed E-state index contributed by atoms with van der Waals surface area (Å²) >= 11 is 0. The smallest absolute Gasteiger partial charge is 0.225 e. The molecule has 0 radical (unpaired) electrons. The fourth-order valence-corrected chi connectivity index (χ4v) is 2.76. The Morgan fingerprint density at radius 1 is 1.35 bits per heavy atom.